The van der Waals surface area contributed by atoms with Crippen LogP contribution in [0, 0.1) is 0 Å². The Labute approximate surface area is 146 Å². The van der Waals surface area contributed by atoms with Crippen LogP contribution in [0.25, 0.3) is 11.1 Å². The number of benzene rings is 2. The van der Waals surface area contributed by atoms with E-state index in [1.165, 1.54) is 19.1 Å². The highest BCUT2D eigenvalue weighted by Crippen LogP contribution is 2.21. The van der Waals surface area contributed by atoms with E-state index in [2.05, 4.69) is 4.72 Å². The van der Waals surface area contributed by atoms with Crippen LogP contribution in [0.4, 0.5) is 0 Å². The van der Waals surface area contributed by atoms with E-state index >= 15 is 0 Å². The largest absolute Gasteiger partial charge is 0.480 e. The molecular weight excluding hydrogens is 342 g/mol. The molecule has 0 fully saturated rings. The van der Waals surface area contributed by atoms with Crippen LogP contribution in [0.3, 0.4) is 0 Å². The maximum atomic E-state index is 12.4. The molecule has 0 heterocycles. The Hall–Kier alpha value is -2.51. The van der Waals surface area contributed by atoms with Crippen LogP contribution in [0.5, 0.6) is 0 Å². The van der Waals surface area contributed by atoms with Gasteiger partial charge < -0.3 is 9.90 Å². The Kier molecular flexibility index (Phi) is 6.06. The lowest BCUT2D eigenvalue weighted by molar-refractivity contribution is -0.139. The third-order valence-corrected chi connectivity index (χ3v) is 5.14. The standard InChI is InChI=1S/C18H19NO5S/c1-13(20)7-12-17(18(21)22)19-25(23,24)16-10-8-15(9-11-16)14-5-3-2-4-6-14/h2-6,8-11,17,19H,7,12H2,1H3,(H,21,22)/t17-/m0/s1. The van der Waals surface area contributed by atoms with Crippen LogP contribution in [0.15, 0.2) is 59.5 Å². The highest BCUT2D eigenvalue weighted by atomic mass is 32.2. The van der Waals surface area contributed by atoms with Crippen molar-refractivity contribution in [2.24, 2.45) is 0 Å². The summed E-state index contributed by atoms with van der Waals surface area (Å²) in [6.07, 6.45) is -0.0988. The first kappa shape index (κ1) is 18.8. The smallest absolute Gasteiger partial charge is 0.321 e. The first-order valence-corrected chi connectivity index (χ1v) is 9.18. The first-order chi connectivity index (χ1) is 11.8. The lowest BCUT2D eigenvalue weighted by Crippen LogP contribution is -2.40. The molecule has 0 radical (unpaired) electrons. The van der Waals surface area contributed by atoms with Crippen molar-refractivity contribution >= 4 is 21.8 Å². The minimum absolute atomic E-state index is 0.00751. The van der Waals surface area contributed by atoms with Crippen molar-refractivity contribution in [2.45, 2.75) is 30.7 Å². The van der Waals surface area contributed by atoms with Gasteiger partial charge in [0, 0.05) is 6.42 Å². The molecule has 0 aromatic heterocycles. The van der Waals surface area contributed by atoms with E-state index in [9.17, 15) is 18.0 Å². The number of nitrogens with one attached hydrogen (secondary N) is 1. The second kappa shape index (κ2) is 8.04. The lowest BCUT2D eigenvalue weighted by Gasteiger charge is -2.14. The molecule has 0 amide bonds. The van der Waals surface area contributed by atoms with E-state index in [1.54, 1.807) is 12.1 Å². The molecule has 1 atom stereocenters. The van der Waals surface area contributed by atoms with Crippen LogP contribution in [0.2, 0.25) is 0 Å². The molecule has 25 heavy (non-hydrogen) atoms. The third kappa shape index (κ3) is 5.23. The van der Waals surface area contributed by atoms with Crippen LogP contribution in [0.1, 0.15) is 19.8 Å². The maximum Gasteiger partial charge on any atom is 0.321 e. The van der Waals surface area contributed by atoms with E-state index < -0.39 is 22.0 Å². The average Bonchev–Trinajstić information content (AvgIpc) is 2.59. The van der Waals surface area contributed by atoms with Gasteiger partial charge in [-0.05, 0) is 36.6 Å². The fraction of sp³-hybridized carbons (Fsp3) is 0.222. The van der Waals surface area contributed by atoms with E-state index in [1.807, 2.05) is 30.3 Å². The van der Waals surface area contributed by atoms with Gasteiger partial charge in [0.05, 0.1) is 4.90 Å². The number of hydrogen-bond acceptors (Lipinski definition) is 4. The summed E-state index contributed by atoms with van der Waals surface area (Å²) in [5, 5.41) is 9.15. The van der Waals surface area contributed by atoms with E-state index in [-0.39, 0.29) is 23.5 Å². The Morgan fingerprint density at radius 3 is 2.08 bits per heavy atom. The zero-order chi connectivity index (χ0) is 18.4. The summed E-state index contributed by atoms with van der Waals surface area (Å²) >= 11 is 0. The van der Waals surface area contributed by atoms with Gasteiger partial charge in [0.1, 0.15) is 11.8 Å². The summed E-state index contributed by atoms with van der Waals surface area (Å²) in [6.45, 7) is 1.33. The molecule has 7 heteroatoms. The van der Waals surface area contributed by atoms with Crippen LogP contribution >= 0.6 is 0 Å². The van der Waals surface area contributed by atoms with Crippen molar-refractivity contribution in [1.82, 2.24) is 4.72 Å². The summed E-state index contributed by atoms with van der Waals surface area (Å²) in [5.41, 5.74) is 1.80. The quantitative estimate of drug-likeness (QED) is 0.752. The van der Waals surface area contributed by atoms with Crippen molar-refractivity contribution in [2.75, 3.05) is 0 Å². The highest BCUT2D eigenvalue weighted by Gasteiger charge is 2.25. The predicted octanol–water partition coefficient (Wildman–Crippen LogP) is 2.45. The number of ketones is 1. The molecule has 2 aromatic carbocycles. The number of carboxylic acid groups (broad SMARTS) is 1. The third-order valence-electron chi connectivity index (χ3n) is 3.65. The zero-order valence-corrected chi connectivity index (χ0v) is 14.5. The molecule has 0 aliphatic heterocycles. The van der Waals surface area contributed by atoms with Crippen molar-refractivity contribution in [3.8, 4) is 11.1 Å². The molecule has 0 aliphatic rings. The van der Waals surface area contributed by atoms with Gasteiger partial charge >= 0.3 is 5.97 Å². The van der Waals surface area contributed by atoms with E-state index in [0.29, 0.717) is 0 Å². The summed E-state index contributed by atoms with van der Waals surface area (Å²) in [4.78, 5) is 22.2. The van der Waals surface area contributed by atoms with Gasteiger partial charge in [-0.1, -0.05) is 42.5 Å². The number of carboxylic acids is 1. The second-order valence-corrected chi connectivity index (χ2v) is 7.36. The number of Topliss-reactive ketones (excluding diaryl/α,β-unsaturated/α-hetero) is 1. The normalized spacial score (nSPS) is 12.5. The number of hydrogen-bond donors (Lipinski definition) is 2. The molecule has 2 rings (SSSR count). The van der Waals surface area contributed by atoms with Gasteiger partial charge in [-0.3, -0.25) is 4.79 Å². The van der Waals surface area contributed by atoms with E-state index in [4.69, 9.17) is 5.11 Å². The molecular formula is C18H19NO5S. The number of aliphatic carboxylic acids is 1. The average molecular weight is 361 g/mol. The molecule has 132 valence electrons. The first-order valence-electron chi connectivity index (χ1n) is 7.69. The molecule has 0 bridgehead atoms. The van der Waals surface area contributed by atoms with Crippen LogP contribution in [-0.4, -0.2) is 31.3 Å². The maximum absolute atomic E-state index is 12.4. The van der Waals surface area contributed by atoms with Gasteiger partial charge in [0.25, 0.3) is 0 Å². The summed E-state index contributed by atoms with van der Waals surface area (Å²) in [6, 6.07) is 14.3. The fourth-order valence-electron chi connectivity index (χ4n) is 2.29. The SMILES string of the molecule is CC(=O)CC[C@H](NS(=O)(=O)c1ccc(-c2ccccc2)cc1)C(=O)O. The summed E-state index contributed by atoms with van der Waals surface area (Å²) in [7, 11) is -3.99. The minimum atomic E-state index is -3.99. The molecule has 0 spiro atoms. The molecule has 0 aliphatic carbocycles. The van der Waals surface area contributed by atoms with Gasteiger partial charge in [0.15, 0.2) is 0 Å². The van der Waals surface area contributed by atoms with Gasteiger partial charge in [-0.2, -0.15) is 4.72 Å². The number of rotatable bonds is 8. The van der Waals surface area contributed by atoms with Crippen molar-refractivity contribution < 1.29 is 23.1 Å². The highest BCUT2D eigenvalue weighted by molar-refractivity contribution is 7.89. The monoisotopic (exact) mass is 361 g/mol. The molecule has 0 saturated heterocycles. The van der Waals surface area contributed by atoms with Gasteiger partial charge in [-0.15, -0.1) is 0 Å². The van der Waals surface area contributed by atoms with Crippen LogP contribution < -0.4 is 4.72 Å². The summed E-state index contributed by atoms with van der Waals surface area (Å²) in [5.74, 6) is -1.51. The predicted molar refractivity (Wildman–Crippen MR) is 93.5 cm³/mol. The number of sulfonamides is 1. The number of carbonyl (C=O) groups excluding carboxylic acids is 1. The zero-order valence-electron chi connectivity index (χ0n) is 13.7. The Bertz CT molecular complexity index is 845. The Balaban J connectivity index is 2.18. The molecule has 2 aromatic rings. The Morgan fingerprint density at radius 2 is 1.56 bits per heavy atom. The topological polar surface area (TPSA) is 101 Å². The van der Waals surface area contributed by atoms with Gasteiger partial charge in [-0.25, -0.2) is 8.42 Å². The molecule has 0 unspecified atom stereocenters. The molecule has 2 N–H and O–H groups in total. The molecule has 0 saturated carbocycles. The minimum Gasteiger partial charge on any atom is -0.480 e. The van der Waals surface area contributed by atoms with Gasteiger partial charge in [0.2, 0.25) is 10.0 Å². The lowest BCUT2D eigenvalue weighted by atomic mass is 10.1. The summed E-state index contributed by atoms with van der Waals surface area (Å²) < 4.78 is 26.9. The van der Waals surface area contributed by atoms with Crippen molar-refractivity contribution in [3.05, 3.63) is 54.6 Å². The fourth-order valence-corrected chi connectivity index (χ4v) is 3.52. The number of carbonyl (C=O) groups is 2. The van der Waals surface area contributed by atoms with Crippen molar-refractivity contribution in [3.63, 3.8) is 0 Å². The Morgan fingerprint density at radius 1 is 1.00 bits per heavy atom. The molecule has 6 nitrogen and oxygen atoms in total. The van der Waals surface area contributed by atoms with Crippen molar-refractivity contribution in [1.29, 1.82) is 0 Å². The second-order valence-electron chi connectivity index (χ2n) is 5.64. The van der Waals surface area contributed by atoms with E-state index in [0.717, 1.165) is 11.1 Å². The van der Waals surface area contributed by atoms with Crippen LogP contribution in [-0.2, 0) is 19.6 Å².